The Kier molecular flexibility index (Phi) is 8.23. The summed E-state index contributed by atoms with van der Waals surface area (Å²) in [7, 11) is 3.09. The molecule has 2 N–H and O–H groups in total. The number of ether oxygens (including phenoxy) is 2. The van der Waals surface area contributed by atoms with Gasteiger partial charge in [-0.1, -0.05) is 29.8 Å². The molecule has 0 saturated heterocycles. The van der Waals surface area contributed by atoms with E-state index in [0.29, 0.717) is 17.0 Å². The zero-order chi connectivity index (χ0) is 23.9. The Morgan fingerprint density at radius 3 is 2.12 bits per heavy atom. The van der Waals surface area contributed by atoms with E-state index in [1.54, 1.807) is 64.3 Å². The Morgan fingerprint density at radius 1 is 1.00 bits per heavy atom. The lowest BCUT2D eigenvalue weighted by Gasteiger charge is -2.28. The first-order valence-corrected chi connectivity index (χ1v) is 10.2. The minimum absolute atomic E-state index is 0.302. The van der Waals surface area contributed by atoms with Crippen molar-refractivity contribution in [3.63, 3.8) is 0 Å². The second kappa shape index (κ2) is 10.7. The lowest BCUT2D eigenvalue weighted by atomic mass is 10.0. The van der Waals surface area contributed by atoms with Gasteiger partial charge in [-0.2, -0.15) is 0 Å². The fourth-order valence-electron chi connectivity index (χ4n) is 2.92. The van der Waals surface area contributed by atoms with E-state index in [0.717, 1.165) is 5.56 Å². The highest BCUT2D eigenvalue weighted by Crippen LogP contribution is 2.23. The number of methoxy groups -OCH3 is 1. The predicted molar refractivity (Wildman–Crippen MR) is 123 cm³/mol. The van der Waals surface area contributed by atoms with Crippen molar-refractivity contribution in [2.75, 3.05) is 26.0 Å². The fraction of sp³-hybridized carbons (Fsp3) is 0.375. The molecule has 0 spiro atoms. The van der Waals surface area contributed by atoms with E-state index in [4.69, 9.17) is 9.47 Å². The van der Waals surface area contributed by atoms with E-state index < -0.39 is 23.6 Å². The Labute approximate surface area is 188 Å². The maximum Gasteiger partial charge on any atom is 0.408 e. The third kappa shape index (κ3) is 7.30. The van der Waals surface area contributed by atoms with Gasteiger partial charge in [-0.3, -0.25) is 9.59 Å². The van der Waals surface area contributed by atoms with Crippen LogP contribution in [0.1, 0.15) is 37.9 Å². The summed E-state index contributed by atoms with van der Waals surface area (Å²) in [5, 5.41) is 5.28. The van der Waals surface area contributed by atoms with Crippen LogP contribution in [0.4, 0.5) is 10.5 Å². The number of alkyl carbamates (subject to hydrolysis) is 1. The van der Waals surface area contributed by atoms with Crippen LogP contribution >= 0.6 is 0 Å². The van der Waals surface area contributed by atoms with Gasteiger partial charge in [0.05, 0.1) is 7.11 Å². The molecule has 172 valence electrons. The summed E-state index contributed by atoms with van der Waals surface area (Å²) in [5.74, 6) is -0.156. The summed E-state index contributed by atoms with van der Waals surface area (Å²) in [6, 6.07) is 13.4. The Morgan fingerprint density at radius 2 is 1.59 bits per heavy atom. The van der Waals surface area contributed by atoms with E-state index in [9.17, 15) is 14.4 Å². The second-order valence-corrected chi connectivity index (χ2v) is 8.39. The molecule has 3 amide bonds. The van der Waals surface area contributed by atoms with Crippen molar-refractivity contribution in [3.8, 4) is 5.75 Å². The molecule has 32 heavy (non-hydrogen) atoms. The molecule has 2 rings (SSSR count). The molecule has 0 saturated carbocycles. The van der Waals surface area contributed by atoms with Gasteiger partial charge in [-0.25, -0.2) is 4.79 Å². The summed E-state index contributed by atoms with van der Waals surface area (Å²) in [5.41, 5.74) is 1.57. The maximum absolute atomic E-state index is 13.2. The predicted octanol–water partition coefficient (Wildman–Crippen LogP) is 3.67. The summed E-state index contributed by atoms with van der Waals surface area (Å²) in [6.07, 6.45) is -0.700. The highest BCUT2D eigenvalue weighted by Gasteiger charge is 2.29. The molecule has 2 aromatic rings. The van der Waals surface area contributed by atoms with E-state index in [1.807, 2.05) is 19.1 Å². The summed E-state index contributed by atoms with van der Waals surface area (Å²) >= 11 is 0. The normalized spacial score (nSPS) is 11.8. The Balaban J connectivity index is 2.18. The molecule has 2 aromatic carbocycles. The van der Waals surface area contributed by atoms with Gasteiger partial charge in [0.25, 0.3) is 5.91 Å². The number of carbonyl (C=O) groups excluding carboxylic acids is 3. The highest BCUT2D eigenvalue weighted by atomic mass is 16.6. The first-order valence-electron chi connectivity index (χ1n) is 10.2. The minimum atomic E-state index is -0.898. The van der Waals surface area contributed by atoms with Crippen molar-refractivity contribution in [2.45, 2.75) is 39.3 Å². The first kappa shape index (κ1) is 24.7. The average Bonchev–Trinajstić information content (AvgIpc) is 2.72. The Bertz CT molecular complexity index is 934. The van der Waals surface area contributed by atoms with E-state index in [2.05, 4.69) is 10.6 Å². The number of benzene rings is 2. The summed E-state index contributed by atoms with van der Waals surface area (Å²) in [6.45, 7) is 6.84. The first-order chi connectivity index (χ1) is 15.0. The third-order valence-corrected chi connectivity index (χ3v) is 4.56. The van der Waals surface area contributed by atoms with Gasteiger partial charge in [0.1, 0.15) is 23.9 Å². The highest BCUT2D eigenvalue weighted by molar-refractivity contribution is 5.98. The number of aryl methyl sites for hydroxylation is 1. The van der Waals surface area contributed by atoms with Gasteiger partial charge in [0.2, 0.25) is 5.91 Å². The molecular weight excluding hydrogens is 410 g/mol. The molecule has 0 aliphatic rings. The van der Waals surface area contributed by atoms with Gasteiger partial charge in [0.15, 0.2) is 0 Å². The molecule has 8 nitrogen and oxygen atoms in total. The van der Waals surface area contributed by atoms with E-state index in [1.165, 1.54) is 11.9 Å². The van der Waals surface area contributed by atoms with Crippen LogP contribution in [-0.4, -0.2) is 49.1 Å². The van der Waals surface area contributed by atoms with Crippen LogP contribution in [-0.2, 0) is 14.3 Å². The zero-order valence-electron chi connectivity index (χ0n) is 19.4. The second-order valence-electron chi connectivity index (χ2n) is 8.39. The minimum Gasteiger partial charge on any atom is -0.497 e. The van der Waals surface area contributed by atoms with Crippen LogP contribution in [0, 0.1) is 6.92 Å². The van der Waals surface area contributed by atoms with Crippen molar-refractivity contribution in [2.24, 2.45) is 0 Å². The van der Waals surface area contributed by atoms with Crippen LogP contribution in [0.2, 0.25) is 0 Å². The molecule has 1 atom stereocenters. The number of hydrogen-bond donors (Lipinski definition) is 2. The Hall–Kier alpha value is -3.55. The van der Waals surface area contributed by atoms with Gasteiger partial charge >= 0.3 is 6.09 Å². The van der Waals surface area contributed by atoms with Crippen LogP contribution in [0.15, 0.2) is 48.5 Å². The molecule has 1 unspecified atom stereocenters. The van der Waals surface area contributed by atoms with Crippen LogP contribution in [0.25, 0.3) is 0 Å². The lowest BCUT2D eigenvalue weighted by Crippen LogP contribution is -2.44. The summed E-state index contributed by atoms with van der Waals surface area (Å²) in [4.78, 5) is 39.2. The molecule has 0 aliphatic heterocycles. The van der Waals surface area contributed by atoms with Crippen molar-refractivity contribution in [3.05, 3.63) is 59.7 Å². The van der Waals surface area contributed by atoms with Gasteiger partial charge in [0, 0.05) is 12.7 Å². The molecule has 0 fully saturated rings. The third-order valence-electron chi connectivity index (χ3n) is 4.56. The number of likely N-dealkylation sites (N-methyl/N-ethyl adjacent to an activating group) is 1. The molecule has 0 aromatic heterocycles. The molecule has 0 radical (unpaired) electrons. The van der Waals surface area contributed by atoms with Gasteiger partial charge in [-0.15, -0.1) is 0 Å². The number of amides is 3. The number of rotatable bonds is 7. The standard InChI is InChI=1S/C24H31N3O5/c1-16-7-9-17(10-8-16)21(22(29)26-18-11-13-19(31-6)14-12-18)27(5)20(28)15-25-23(30)32-24(2,3)4/h7-14,21H,15H2,1-6H3,(H,25,30)(H,26,29). The molecule has 0 heterocycles. The SMILES string of the molecule is COc1ccc(NC(=O)C(c2ccc(C)cc2)N(C)C(=O)CNC(=O)OC(C)(C)C)cc1. The van der Waals surface area contributed by atoms with Crippen molar-refractivity contribution in [1.82, 2.24) is 10.2 Å². The maximum atomic E-state index is 13.2. The fourth-order valence-corrected chi connectivity index (χ4v) is 2.92. The largest absolute Gasteiger partial charge is 0.497 e. The molecule has 0 bridgehead atoms. The number of anilines is 1. The molecule has 0 aliphatic carbocycles. The number of nitrogens with zero attached hydrogens (tertiary/aromatic N) is 1. The molecule has 8 heteroatoms. The lowest BCUT2D eigenvalue weighted by molar-refractivity contribution is -0.136. The topological polar surface area (TPSA) is 97.0 Å². The van der Waals surface area contributed by atoms with Crippen LogP contribution < -0.4 is 15.4 Å². The monoisotopic (exact) mass is 441 g/mol. The summed E-state index contributed by atoms with van der Waals surface area (Å²) < 4.78 is 10.3. The average molecular weight is 442 g/mol. The quantitative estimate of drug-likeness (QED) is 0.683. The van der Waals surface area contributed by atoms with Crippen LogP contribution in [0.3, 0.4) is 0 Å². The smallest absolute Gasteiger partial charge is 0.408 e. The number of nitrogens with one attached hydrogen (secondary N) is 2. The van der Waals surface area contributed by atoms with E-state index in [-0.39, 0.29) is 12.5 Å². The van der Waals surface area contributed by atoms with Crippen LogP contribution in [0.5, 0.6) is 5.75 Å². The number of carbonyl (C=O) groups is 3. The number of hydrogen-bond acceptors (Lipinski definition) is 5. The molecular formula is C24H31N3O5. The van der Waals surface area contributed by atoms with Gasteiger partial charge in [-0.05, 0) is 57.5 Å². The van der Waals surface area contributed by atoms with Gasteiger partial charge < -0.3 is 25.0 Å². The van der Waals surface area contributed by atoms with Crippen molar-refractivity contribution in [1.29, 1.82) is 0 Å². The van der Waals surface area contributed by atoms with Crippen molar-refractivity contribution >= 4 is 23.6 Å². The van der Waals surface area contributed by atoms with E-state index >= 15 is 0 Å². The zero-order valence-corrected chi connectivity index (χ0v) is 19.4. The van der Waals surface area contributed by atoms with Crippen molar-refractivity contribution < 1.29 is 23.9 Å².